The van der Waals surface area contributed by atoms with E-state index in [1.165, 1.54) is 0 Å². The van der Waals surface area contributed by atoms with Crippen LogP contribution < -0.4 is 10.6 Å². The van der Waals surface area contributed by atoms with Crippen LogP contribution in [0.4, 0.5) is 0 Å². The van der Waals surface area contributed by atoms with Gasteiger partial charge in [-0.25, -0.2) is 0 Å². The molecule has 0 bridgehead atoms. The normalized spacial score (nSPS) is 15.1. The zero-order valence-corrected chi connectivity index (χ0v) is 12.1. The molecule has 2 amide bonds. The van der Waals surface area contributed by atoms with Gasteiger partial charge in [-0.05, 0) is 18.2 Å². The molecule has 1 aromatic carbocycles. The summed E-state index contributed by atoms with van der Waals surface area (Å²) in [6.45, 7) is 3.07. The van der Waals surface area contributed by atoms with Crippen LogP contribution in [0, 0.1) is 0 Å². The topological polar surface area (TPSA) is 61.4 Å². The minimum atomic E-state index is -0.232. The summed E-state index contributed by atoms with van der Waals surface area (Å²) in [6.07, 6.45) is 0. The van der Waals surface area contributed by atoms with Gasteiger partial charge in [-0.1, -0.05) is 22.0 Å². The van der Waals surface area contributed by atoms with Crippen LogP contribution in [0.1, 0.15) is 10.4 Å². The smallest absolute Gasteiger partial charge is 0.251 e. The summed E-state index contributed by atoms with van der Waals surface area (Å²) in [4.78, 5) is 25.5. The summed E-state index contributed by atoms with van der Waals surface area (Å²) in [5.41, 5.74) is 0.544. The standard InChI is InChI=1S/C13H16BrN3O2/c14-11-3-1-2-10(8-11)13(19)16-9-12(18)17-6-4-15-5-7-17/h1-3,8,15H,4-7,9H2,(H,16,19). The van der Waals surface area contributed by atoms with E-state index < -0.39 is 0 Å². The number of amides is 2. The van der Waals surface area contributed by atoms with Gasteiger partial charge in [-0.15, -0.1) is 0 Å². The Morgan fingerprint density at radius 3 is 2.74 bits per heavy atom. The first kappa shape index (κ1) is 14.0. The van der Waals surface area contributed by atoms with Crippen LogP contribution in [0.15, 0.2) is 28.7 Å². The fourth-order valence-electron chi connectivity index (χ4n) is 1.91. The Hall–Kier alpha value is -1.40. The van der Waals surface area contributed by atoms with Gasteiger partial charge in [-0.3, -0.25) is 9.59 Å². The summed E-state index contributed by atoms with van der Waals surface area (Å²) in [6, 6.07) is 7.08. The average molecular weight is 326 g/mol. The molecule has 0 spiro atoms. The third-order valence-corrected chi connectivity index (χ3v) is 3.45. The molecule has 5 nitrogen and oxygen atoms in total. The molecule has 1 saturated heterocycles. The van der Waals surface area contributed by atoms with Crippen LogP contribution in [0.3, 0.4) is 0 Å². The van der Waals surface area contributed by atoms with Crippen molar-refractivity contribution in [3.8, 4) is 0 Å². The molecule has 1 aromatic rings. The Labute approximate surface area is 120 Å². The van der Waals surface area contributed by atoms with Crippen LogP contribution in [0.5, 0.6) is 0 Å². The minimum Gasteiger partial charge on any atom is -0.343 e. The van der Waals surface area contributed by atoms with Crippen molar-refractivity contribution in [1.29, 1.82) is 0 Å². The van der Waals surface area contributed by atoms with Crippen molar-refractivity contribution in [2.75, 3.05) is 32.7 Å². The maximum atomic E-state index is 11.9. The summed E-state index contributed by atoms with van der Waals surface area (Å²) >= 11 is 3.31. The van der Waals surface area contributed by atoms with E-state index in [1.807, 2.05) is 6.07 Å². The van der Waals surface area contributed by atoms with Gasteiger partial charge in [0.15, 0.2) is 0 Å². The van der Waals surface area contributed by atoms with E-state index in [0.29, 0.717) is 18.7 Å². The predicted molar refractivity (Wildman–Crippen MR) is 75.9 cm³/mol. The highest BCUT2D eigenvalue weighted by Crippen LogP contribution is 2.11. The molecular formula is C13H16BrN3O2. The molecule has 2 rings (SSSR count). The summed E-state index contributed by atoms with van der Waals surface area (Å²) < 4.78 is 0.841. The molecule has 0 unspecified atom stereocenters. The lowest BCUT2D eigenvalue weighted by atomic mass is 10.2. The van der Waals surface area contributed by atoms with Crippen molar-refractivity contribution < 1.29 is 9.59 Å². The number of nitrogens with one attached hydrogen (secondary N) is 2. The quantitative estimate of drug-likeness (QED) is 0.856. The second kappa shape index (κ2) is 6.68. The fourth-order valence-corrected chi connectivity index (χ4v) is 2.31. The molecule has 0 aliphatic carbocycles. The number of rotatable bonds is 3. The fraction of sp³-hybridized carbons (Fsp3) is 0.385. The van der Waals surface area contributed by atoms with Gasteiger partial charge in [0.25, 0.3) is 5.91 Å². The minimum absolute atomic E-state index is 0.0372. The van der Waals surface area contributed by atoms with E-state index in [-0.39, 0.29) is 18.4 Å². The monoisotopic (exact) mass is 325 g/mol. The van der Waals surface area contributed by atoms with Gasteiger partial charge in [0, 0.05) is 36.2 Å². The molecule has 0 aromatic heterocycles. The molecule has 2 N–H and O–H groups in total. The van der Waals surface area contributed by atoms with E-state index in [9.17, 15) is 9.59 Å². The van der Waals surface area contributed by atoms with E-state index in [1.54, 1.807) is 23.1 Å². The Balaban J connectivity index is 1.84. The number of benzene rings is 1. The lowest BCUT2D eigenvalue weighted by Gasteiger charge is -2.27. The number of hydrogen-bond donors (Lipinski definition) is 2. The Bertz CT molecular complexity index is 473. The highest BCUT2D eigenvalue weighted by molar-refractivity contribution is 9.10. The van der Waals surface area contributed by atoms with Gasteiger partial charge in [-0.2, -0.15) is 0 Å². The maximum Gasteiger partial charge on any atom is 0.251 e. The average Bonchev–Trinajstić information content (AvgIpc) is 2.45. The first-order valence-corrected chi connectivity index (χ1v) is 6.98. The van der Waals surface area contributed by atoms with Gasteiger partial charge >= 0.3 is 0 Å². The molecule has 1 aliphatic heterocycles. The SMILES string of the molecule is O=C(NCC(=O)N1CCNCC1)c1cccc(Br)c1. The third-order valence-electron chi connectivity index (χ3n) is 2.96. The van der Waals surface area contributed by atoms with E-state index >= 15 is 0 Å². The Kier molecular flexibility index (Phi) is 4.93. The molecule has 0 radical (unpaired) electrons. The number of piperazine rings is 1. The van der Waals surface area contributed by atoms with Crippen LogP contribution >= 0.6 is 15.9 Å². The van der Waals surface area contributed by atoms with Gasteiger partial charge in [0.1, 0.15) is 0 Å². The van der Waals surface area contributed by atoms with Crippen LogP contribution in [0.2, 0.25) is 0 Å². The number of carbonyl (C=O) groups excluding carboxylic acids is 2. The van der Waals surface area contributed by atoms with Crippen molar-refractivity contribution in [1.82, 2.24) is 15.5 Å². The lowest BCUT2D eigenvalue weighted by Crippen LogP contribution is -2.49. The van der Waals surface area contributed by atoms with E-state index in [4.69, 9.17) is 0 Å². The second-order valence-electron chi connectivity index (χ2n) is 4.32. The third kappa shape index (κ3) is 4.04. The van der Waals surface area contributed by atoms with Crippen molar-refractivity contribution in [3.63, 3.8) is 0 Å². The van der Waals surface area contributed by atoms with Crippen molar-refractivity contribution in [2.24, 2.45) is 0 Å². The Morgan fingerprint density at radius 1 is 1.32 bits per heavy atom. The van der Waals surface area contributed by atoms with Crippen molar-refractivity contribution in [3.05, 3.63) is 34.3 Å². The Morgan fingerprint density at radius 2 is 2.05 bits per heavy atom. The molecule has 0 saturated carbocycles. The van der Waals surface area contributed by atoms with Crippen LogP contribution in [-0.2, 0) is 4.79 Å². The molecule has 19 heavy (non-hydrogen) atoms. The summed E-state index contributed by atoms with van der Waals surface area (Å²) in [5.74, 6) is -0.269. The van der Waals surface area contributed by atoms with Gasteiger partial charge in [0.05, 0.1) is 6.54 Å². The number of halogens is 1. The van der Waals surface area contributed by atoms with Gasteiger partial charge < -0.3 is 15.5 Å². The molecule has 0 atom stereocenters. The first-order chi connectivity index (χ1) is 9.16. The molecular weight excluding hydrogens is 310 g/mol. The van der Waals surface area contributed by atoms with E-state index in [0.717, 1.165) is 17.6 Å². The number of hydrogen-bond acceptors (Lipinski definition) is 3. The van der Waals surface area contributed by atoms with Crippen molar-refractivity contribution in [2.45, 2.75) is 0 Å². The van der Waals surface area contributed by atoms with Gasteiger partial charge in [0.2, 0.25) is 5.91 Å². The summed E-state index contributed by atoms with van der Waals surface area (Å²) in [7, 11) is 0. The van der Waals surface area contributed by atoms with Crippen molar-refractivity contribution >= 4 is 27.7 Å². The molecule has 1 aliphatic rings. The number of carbonyl (C=O) groups is 2. The first-order valence-electron chi connectivity index (χ1n) is 6.19. The summed E-state index contributed by atoms with van der Waals surface area (Å²) in [5, 5.41) is 5.83. The largest absolute Gasteiger partial charge is 0.343 e. The highest BCUT2D eigenvalue weighted by Gasteiger charge is 2.16. The van der Waals surface area contributed by atoms with Crippen LogP contribution in [-0.4, -0.2) is 49.4 Å². The van der Waals surface area contributed by atoms with Crippen LogP contribution in [0.25, 0.3) is 0 Å². The maximum absolute atomic E-state index is 11.9. The zero-order chi connectivity index (χ0) is 13.7. The zero-order valence-electron chi connectivity index (χ0n) is 10.5. The molecule has 102 valence electrons. The molecule has 1 heterocycles. The van der Waals surface area contributed by atoms with E-state index in [2.05, 4.69) is 26.6 Å². The number of nitrogens with zero attached hydrogens (tertiary/aromatic N) is 1. The molecule has 1 fully saturated rings. The molecule has 6 heteroatoms. The highest BCUT2D eigenvalue weighted by atomic mass is 79.9. The lowest BCUT2D eigenvalue weighted by molar-refractivity contribution is -0.130. The predicted octanol–water partition coefficient (Wildman–Crippen LogP) is 0.611. The second-order valence-corrected chi connectivity index (χ2v) is 5.24.